The largest absolute Gasteiger partial charge is 0.472 e. The molecule has 10 heteroatoms. The number of unbranched alkanes of at least 4 members (excludes halogenated alkanes) is 32. The van der Waals surface area contributed by atoms with Crippen molar-refractivity contribution in [3.05, 3.63) is 36.5 Å². The van der Waals surface area contributed by atoms with Crippen molar-refractivity contribution in [3.8, 4) is 0 Å². The van der Waals surface area contributed by atoms with Crippen LogP contribution >= 0.6 is 7.82 Å². The van der Waals surface area contributed by atoms with Crippen LogP contribution < -0.4 is 5.32 Å². The predicted octanol–water partition coefficient (Wildman–Crippen LogP) is 17.2. The summed E-state index contributed by atoms with van der Waals surface area (Å²) in [5.41, 5.74) is 0. The molecule has 0 radical (unpaired) electrons. The Labute approximate surface area is 421 Å². The van der Waals surface area contributed by atoms with E-state index in [1.807, 2.05) is 33.3 Å². The second kappa shape index (κ2) is 48.8. The Morgan fingerprint density at radius 3 is 1.26 bits per heavy atom. The molecule has 0 saturated carbocycles. The van der Waals surface area contributed by atoms with Crippen molar-refractivity contribution in [2.45, 2.75) is 283 Å². The number of phosphoric ester groups is 1. The fourth-order valence-corrected chi connectivity index (χ4v) is 9.02. The first-order valence-corrected chi connectivity index (χ1v) is 30.3. The van der Waals surface area contributed by atoms with E-state index in [0.29, 0.717) is 17.4 Å². The van der Waals surface area contributed by atoms with E-state index in [2.05, 4.69) is 50.4 Å². The number of amides is 1. The average Bonchev–Trinajstić information content (AvgIpc) is 3.29. The van der Waals surface area contributed by atoms with Crippen molar-refractivity contribution in [1.29, 1.82) is 0 Å². The van der Waals surface area contributed by atoms with Crippen LogP contribution in [0.3, 0.4) is 0 Å². The van der Waals surface area contributed by atoms with Crippen molar-refractivity contribution in [2.75, 3.05) is 40.9 Å². The zero-order valence-corrected chi connectivity index (χ0v) is 46.5. The van der Waals surface area contributed by atoms with Crippen molar-refractivity contribution < 1.29 is 37.3 Å². The second-order valence-electron chi connectivity index (χ2n) is 20.8. The number of rotatable bonds is 52. The lowest BCUT2D eigenvalue weighted by molar-refractivity contribution is -0.870. The standard InChI is InChI=1S/C58H111N2O7P/c1-7-10-13-16-19-22-25-27-29-30-31-33-36-39-42-45-48-51-58(62)67-56(49-46-43-40-37-34-24-21-18-15-12-9-3)55(54-66-68(63,64)65-53-52-60(4,5)6)59-57(61)50-47-44-41-38-35-32-28-26-23-20-17-14-11-8-2/h27,29,32,35,46,49,55-56H,7-26,28,30-31,33-34,36-45,47-48,50-54H2,1-6H3,(H-,59,61,63,64)/p+1/b29-27+,35-32-,49-46+. The molecule has 0 spiro atoms. The van der Waals surface area contributed by atoms with E-state index < -0.39 is 20.0 Å². The van der Waals surface area contributed by atoms with Gasteiger partial charge in [-0.25, -0.2) is 4.57 Å². The molecule has 2 N–H and O–H groups in total. The molecular formula is C58H112N2O7P+. The molecule has 0 aliphatic heterocycles. The van der Waals surface area contributed by atoms with Gasteiger partial charge >= 0.3 is 13.8 Å². The lowest BCUT2D eigenvalue weighted by Gasteiger charge is -2.27. The average molecular weight is 981 g/mol. The highest BCUT2D eigenvalue weighted by atomic mass is 31.2. The minimum Gasteiger partial charge on any atom is -0.456 e. The van der Waals surface area contributed by atoms with Gasteiger partial charge in [-0.2, -0.15) is 0 Å². The summed E-state index contributed by atoms with van der Waals surface area (Å²) in [6.07, 6.45) is 57.1. The fourth-order valence-electron chi connectivity index (χ4n) is 8.28. The molecule has 0 aliphatic rings. The highest BCUT2D eigenvalue weighted by molar-refractivity contribution is 7.47. The summed E-state index contributed by atoms with van der Waals surface area (Å²) in [5.74, 6) is -0.523. The maximum atomic E-state index is 13.5. The highest BCUT2D eigenvalue weighted by Crippen LogP contribution is 2.43. The smallest absolute Gasteiger partial charge is 0.456 e. The van der Waals surface area contributed by atoms with Crippen LogP contribution in [0.4, 0.5) is 0 Å². The molecule has 400 valence electrons. The topological polar surface area (TPSA) is 111 Å². The minimum atomic E-state index is -4.44. The van der Waals surface area contributed by atoms with E-state index in [1.54, 1.807) is 0 Å². The molecule has 0 aliphatic carbocycles. The first-order valence-electron chi connectivity index (χ1n) is 28.8. The van der Waals surface area contributed by atoms with E-state index in [0.717, 1.165) is 70.6 Å². The van der Waals surface area contributed by atoms with Crippen molar-refractivity contribution >= 4 is 19.7 Å². The zero-order valence-electron chi connectivity index (χ0n) is 45.6. The Balaban J connectivity index is 5.33. The molecule has 1 amide bonds. The molecule has 0 aromatic heterocycles. The van der Waals surface area contributed by atoms with Crippen LogP contribution in [0.5, 0.6) is 0 Å². The van der Waals surface area contributed by atoms with Crippen LogP contribution in [0.1, 0.15) is 271 Å². The maximum absolute atomic E-state index is 13.5. The summed E-state index contributed by atoms with van der Waals surface area (Å²) >= 11 is 0. The molecule has 3 unspecified atom stereocenters. The molecule has 9 nitrogen and oxygen atoms in total. The fraction of sp³-hybridized carbons (Fsp3) is 0.862. The quantitative estimate of drug-likeness (QED) is 0.0205. The second-order valence-corrected chi connectivity index (χ2v) is 22.3. The molecule has 0 fully saturated rings. The van der Waals surface area contributed by atoms with Crippen LogP contribution in [0.25, 0.3) is 0 Å². The Hall–Kier alpha value is -1.77. The van der Waals surface area contributed by atoms with E-state index in [9.17, 15) is 19.0 Å². The minimum absolute atomic E-state index is 0.0381. The Morgan fingerprint density at radius 2 is 0.853 bits per heavy atom. The predicted molar refractivity (Wildman–Crippen MR) is 291 cm³/mol. The van der Waals surface area contributed by atoms with Crippen LogP contribution in [0.15, 0.2) is 36.5 Å². The zero-order chi connectivity index (χ0) is 50.1. The van der Waals surface area contributed by atoms with Gasteiger partial charge in [-0.15, -0.1) is 0 Å². The first-order chi connectivity index (χ1) is 32.9. The number of allylic oxidation sites excluding steroid dienone is 5. The number of phosphoric acid groups is 1. The third-order valence-electron chi connectivity index (χ3n) is 12.8. The molecule has 0 aromatic carbocycles. The summed E-state index contributed by atoms with van der Waals surface area (Å²) in [6, 6.07) is -0.853. The lowest BCUT2D eigenvalue weighted by atomic mass is 10.1. The molecule has 0 heterocycles. The van der Waals surface area contributed by atoms with Gasteiger partial charge in [-0.3, -0.25) is 18.6 Å². The number of esters is 1. The number of hydrogen-bond acceptors (Lipinski definition) is 6. The monoisotopic (exact) mass is 980 g/mol. The van der Waals surface area contributed by atoms with Crippen LogP contribution in [0.2, 0.25) is 0 Å². The SMILES string of the molecule is CCCCCCCC/C=C/CCCCCCCCCC(=O)OC(/C=C/CCCCCCCCCCC)C(COP(=O)(O)OCC[N+](C)(C)C)NC(=O)CCCCC/C=C\CCCCCCCCC. The van der Waals surface area contributed by atoms with Gasteiger partial charge in [0, 0.05) is 12.8 Å². The maximum Gasteiger partial charge on any atom is 0.472 e. The number of likely N-dealkylation sites (N-methyl/N-ethyl adjacent to an activating group) is 1. The number of quaternary nitrogens is 1. The normalized spacial score (nSPS) is 14.0. The van der Waals surface area contributed by atoms with Gasteiger partial charge in [0.25, 0.3) is 0 Å². The van der Waals surface area contributed by atoms with E-state index in [-0.39, 0.29) is 31.5 Å². The van der Waals surface area contributed by atoms with Crippen molar-refractivity contribution in [1.82, 2.24) is 5.32 Å². The van der Waals surface area contributed by atoms with E-state index in [4.69, 9.17) is 13.8 Å². The number of nitrogens with one attached hydrogen (secondary N) is 1. The van der Waals surface area contributed by atoms with Crippen LogP contribution in [-0.4, -0.2) is 74.3 Å². The Bertz CT molecular complexity index is 1270. The molecule has 68 heavy (non-hydrogen) atoms. The first kappa shape index (κ1) is 66.2. The lowest BCUT2D eigenvalue weighted by Crippen LogP contribution is -2.47. The number of carbonyl (C=O) groups is 2. The summed E-state index contributed by atoms with van der Waals surface area (Å²) < 4.78 is 30.6. The van der Waals surface area contributed by atoms with Gasteiger partial charge in [0.1, 0.15) is 19.3 Å². The van der Waals surface area contributed by atoms with Crippen LogP contribution in [0, 0.1) is 0 Å². The van der Waals surface area contributed by atoms with Crippen molar-refractivity contribution in [2.24, 2.45) is 0 Å². The van der Waals surface area contributed by atoms with Gasteiger partial charge in [0.15, 0.2) is 0 Å². The number of hydrogen-bond donors (Lipinski definition) is 2. The van der Waals surface area contributed by atoms with Gasteiger partial charge in [0.2, 0.25) is 5.91 Å². The van der Waals surface area contributed by atoms with Gasteiger partial charge < -0.3 is 19.4 Å². The molecule has 3 atom stereocenters. The van der Waals surface area contributed by atoms with E-state index in [1.165, 1.54) is 167 Å². The summed E-state index contributed by atoms with van der Waals surface area (Å²) in [6.45, 7) is 6.99. The number of nitrogens with zero attached hydrogens (tertiary/aromatic N) is 1. The van der Waals surface area contributed by atoms with Crippen molar-refractivity contribution in [3.63, 3.8) is 0 Å². The summed E-state index contributed by atoms with van der Waals surface area (Å²) in [7, 11) is 1.49. The Morgan fingerprint density at radius 1 is 0.500 bits per heavy atom. The molecule has 0 bridgehead atoms. The van der Waals surface area contributed by atoms with Gasteiger partial charge in [-0.05, 0) is 83.1 Å². The summed E-state index contributed by atoms with van der Waals surface area (Å²) in [4.78, 5) is 37.5. The van der Waals surface area contributed by atoms with Crippen LogP contribution in [-0.2, 0) is 27.9 Å². The third-order valence-corrected chi connectivity index (χ3v) is 13.8. The van der Waals surface area contributed by atoms with Gasteiger partial charge in [-0.1, -0.05) is 212 Å². The number of ether oxygens (including phenoxy) is 1. The molecule has 0 saturated heterocycles. The molecule has 0 rings (SSSR count). The third kappa shape index (κ3) is 49.2. The Kier molecular flexibility index (Phi) is 47.6. The molecule has 0 aromatic rings. The summed E-state index contributed by atoms with van der Waals surface area (Å²) in [5, 5.41) is 3.04. The van der Waals surface area contributed by atoms with E-state index >= 15 is 0 Å². The number of carbonyl (C=O) groups excluding carboxylic acids is 2. The molecular weight excluding hydrogens is 868 g/mol. The highest BCUT2D eigenvalue weighted by Gasteiger charge is 2.30. The van der Waals surface area contributed by atoms with Gasteiger partial charge in [0.05, 0.1) is 33.8 Å².